The number of carbonyl (C=O) groups is 1. The average Bonchev–Trinajstić information content (AvgIpc) is 3.26. The number of nitro groups is 1. The Morgan fingerprint density at radius 1 is 1.21 bits per heavy atom. The van der Waals surface area contributed by atoms with Gasteiger partial charge in [0.05, 0.1) is 16.2 Å². The lowest BCUT2D eigenvalue weighted by atomic mass is 10.1. The molecule has 4 rings (SSSR count). The first-order valence-electron chi connectivity index (χ1n) is 10.1. The highest BCUT2D eigenvalue weighted by Gasteiger charge is 2.19. The van der Waals surface area contributed by atoms with E-state index in [9.17, 15) is 19.7 Å². The third-order valence-corrected chi connectivity index (χ3v) is 5.81. The number of hydrogen-bond donors (Lipinski definition) is 1. The van der Waals surface area contributed by atoms with Crippen LogP contribution in [0.3, 0.4) is 0 Å². The number of anilines is 1. The van der Waals surface area contributed by atoms with Crippen LogP contribution in [0.25, 0.3) is 4.96 Å². The zero-order chi connectivity index (χ0) is 23.4. The van der Waals surface area contributed by atoms with Gasteiger partial charge in [0, 0.05) is 30.4 Å². The maximum Gasteiger partial charge on any atom is 0.340 e. The van der Waals surface area contributed by atoms with Crippen molar-refractivity contribution >= 4 is 33.6 Å². The van der Waals surface area contributed by atoms with E-state index in [1.54, 1.807) is 0 Å². The molecule has 168 valence electrons. The Bertz CT molecular complexity index is 1380. The van der Waals surface area contributed by atoms with Gasteiger partial charge < -0.3 is 10.1 Å². The Balaban J connectivity index is 1.55. The lowest BCUT2D eigenvalue weighted by Gasteiger charge is -2.12. The molecule has 0 amide bonds. The Hall–Kier alpha value is -4.12. The number of aromatic nitrogens is 3. The van der Waals surface area contributed by atoms with Crippen LogP contribution in [0.1, 0.15) is 33.5 Å². The first kappa shape index (κ1) is 22.1. The zero-order valence-corrected chi connectivity index (χ0v) is 18.4. The van der Waals surface area contributed by atoms with Crippen LogP contribution >= 0.6 is 11.3 Å². The van der Waals surface area contributed by atoms with Crippen LogP contribution < -0.4 is 10.9 Å². The SMILES string of the molecule is CCc1nn2c(=O)cc(COC(=O)c3cc([N+](=O)[O-])ccc3NCc3ccccc3)nc2s1. The van der Waals surface area contributed by atoms with Gasteiger partial charge in [0.25, 0.3) is 11.2 Å². The zero-order valence-electron chi connectivity index (χ0n) is 17.6. The largest absolute Gasteiger partial charge is 0.456 e. The molecule has 10 nitrogen and oxygen atoms in total. The quantitative estimate of drug-likeness (QED) is 0.237. The molecule has 0 saturated carbocycles. The van der Waals surface area contributed by atoms with Gasteiger partial charge in [-0.3, -0.25) is 14.9 Å². The highest BCUT2D eigenvalue weighted by atomic mass is 32.1. The average molecular weight is 465 g/mol. The van der Waals surface area contributed by atoms with Crippen LogP contribution in [0, 0.1) is 10.1 Å². The van der Waals surface area contributed by atoms with E-state index in [0.29, 0.717) is 23.6 Å². The molecule has 4 aromatic rings. The second-order valence-electron chi connectivity index (χ2n) is 7.03. The van der Waals surface area contributed by atoms with Crippen LogP contribution in [0.2, 0.25) is 0 Å². The van der Waals surface area contributed by atoms with Crippen molar-refractivity contribution in [2.45, 2.75) is 26.5 Å². The maximum absolute atomic E-state index is 12.8. The number of fused-ring (bicyclic) bond motifs is 1. The molecule has 0 saturated heterocycles. The second kappa shape index (κ2) is 9.57. The fourth-order valence-corrected chi connectivity index (χ4v) is 3.95. The number of aryl methyl sites for hydroxylation is 1. The molecule has 0 aliphatic carbocycles. The molecule has 0 radical (unpaired) electrons. The number of nitrogens with one attached hydrogen (secondary N) is 1. The monoisotopic (exact) mass is 465 g/mol. The first-order valence-corrected chi connectivity index (χ1v) is 10.9. The molecule has 0 fully saturated rings. The molecule has 0 bridgehead atoms. The van der Waals surface area contributed by atoms with Crippen molar-refractivity contribution in [2.24, 2.45) is 0 Å². The smallest absolute Gasteiger partial charge is 0.340 e. The van der Waals surface area contributed by atoms with E-state index < -0.39 is 10.9 Å². The van der Waals surface area contributed by atoms with Crippen molar-refractivity contribution in [1.82, 2.24) is 14.6 Å². The summed E-state index contributed by atoms with van der Waals surface area (Å²) in [5.74, 6) is -0.769. The standard InChI is InChI=1S/C22H19N5O5S/c1-2-19-25-26-20(28)10-15(24-22(26)33-19)13-32-21(29)17-11-16(27(30)31)8-9-18(17)23-12-14-6-4-3-5-7-14/h3-11,23H,2,12-13H2,1H3. The van der Waals surface area contributed by atoms with Gasteiger partial charge in [0.2, 0.25) is 4.96 Å². The van der Waals surface area contributed by atoms with Crippen molar-refractivity contribution in [3.63, 3.8) is 0 Å². The minimum absolute atomic E-state index is 0.0176. The molecule has 1 N–H and O–H groups in total. The summed E-state index contributed by atoms with van der Waals surface area (Å²) >= 11 is 1.28. The van der Waals surface area contributed by atoms with Gasteiger partial charge in [-0.25, -0.2) is 9.78 Å². The van der Waals surface area contributed by atoms with Crippen molar-refractivity contribution in [2.75, 3.05) is 5.32 Å². The third kappa shape index (κ3) is 5.04. The molecule has 11 heteroatoms. The van der Waals surface area contributed by atoms with Gasteiger partial charge >= 0.3 is 5.97 Å². The minimum atomic E-state index is -0.769. The Labute approximate surface area is 191 Å². The van der Waals surface area contributed by atoms with Crippen molar-refractivity contribution in [1.29, 1.82) is 0 Å². The van der Waals surface area contributed by atoms with Crippen molar-refractivity contribution in [3.05, 3.63) is 96.9 Å². The normalized spacial score (nSPS) is 10.8. The van der Waals surface area contributed by atoms with Crippen LogP contribution in [0.4, 0.5) is 11.4 Å². The Morgan fingerprint density at radius 3 is 2.73 bits per heavy atom. The highest BCUT2D eigenvalue weighted by molar-refractivity contribution is 7.16. The molecular formula is C22H19N5O5S. The molecule has 0 aliphatic rings. The summed E-state index contributed by atoms with van der Waals surface area (Å²) in [6.07, 6.45) is 0.670. The number of carbonyl (C=O) groups excluding carboxylic acids is 1. The van der Waals surface area contributed by atoms with Gasteiger partial charge in [-0.05, 0) is 18.1 Å². The molecule has 0 atom stereocenters. The molecule has 33 heavy (non-hydrogen) atoms. The predicted octanol–water partition coefficient (Wildman–Crippen LogP) is 3.59. The van der Waals surface area contributed by atoms with Crippen molar-refractivity contribution < 1.29 is 14.5 Å². The topological polar surface area (TPSA) is 129 Å². The maximum atomic E-state index is 12.8. The molecule has 2 aromatic heterocycles. The fourth-order valence-electron chi connectivity index (χ4n) is 3.09. The molecule has 2 heterocycles. The summed E-state index contributed by atoms with van der Waals surface area (Å²) in [5.41, 5.74) is 1.05. The lowest BCUT2D eigenvalue weighted by Crippen LogP contribution is -2.17. The number of nitro benzene ring substituents is 1. The van der Waals surface area contributed by atoms with Gasteiger partial charge in [-0.1, -0.05) is 48.6 Å². The van der Waals surface area contributed by atoms with Crippen molar-refractivity contribution in [3.8, 4) is 0 Å². The molecule has 0 spiro atoms. The first-order chi connectivity index (χ1) is 15.9. The number of nitrogens with zero attached hydrogens (tertiary/aromatic N) is 4. The number of benzene rings is 2. The molecule has 2 aromatic carbocycles. The van der Waals surface area contributed by atoms with E-state index in [-0.39, 0.29) is 29.1 Å². The number of hydrogen-bond acceptors (Lipinski definition) is 9. The van der Waals surface area contributed by atoms with E-state index in [2.05, 4.69) is 15.4 Å². The minimum Gasteiger partial charge on any atom is -0.456 e. The summed E-state index contributed by atoms with van der Waals surface area (Å²) in [7, 11) is 0. The van der Waals surface area contributed by atoms with E-state index in [1.807, 2.05) is 37.3 Å². The van der Waals surface area contributed by atoms with Gasteiger partial charge in [-0.15, -0.1) is 0 Å². The molecular weight excluding hydrogens is 446 g/mol. The van der Waals surface area contributed by atoms with E-state index in [4.69, 9.17) is 4.74 Å². The van der Waals surface area contributed by atoms with Crippen LogP contribution in [-0.2, 0) is 24.3 Å². The summed E-state index contributed by atoms with van der Waals surface area (Å²) in [5, 5.41) is 19.3. The number of ether oxygens (including phenoxy) is 1. The Morgan fingerprint density at radius 2 is 2.00 bits per heavy atom. The predicted molar refractivity (Wildman–Crippen MR) is 122 cm³/mol. The van der Waals surface area contributed by atoms with Gasteiger partial charge in [0.15, 0.2) is 0 Å². The highest BCUT2D eigenvalue weighted by Crippen LogP contribution is 2.24. The summed E-state index contributed by atoms with van der Waals surface area (Å²) in [6.45, 7) is 2.08. The number of rotatable bonds is 8. The number of esters is 1. The van der Waals surface area contributed by atoms with E-state index in [0.717, 1.165) is 16.6 Å². The summed E-state index contributed by atoms with van der Waals surface area (Å²) in [4.78, 5) is 40.5. The number of non-ortho nitro benzene ring substituents is 1. The van der Waals surface area contributed by atoms with Crippen LogP contribution in [0.5, 0.6) is 0 Å². The van der Waals surface area contributed by atoms with Gasteiger partial charge in [-0.2, -0.15) is 9.61 Å². The lowest BCUT2D eigenvalue weighted by molar-refractivity contribution is -0.384. The fraction of sp³-hybridized carbons (Fsp3) is 0.182. The van der Waals surface area contributed by atoms with Crippen LogP contribution in [-0.4, -0.2) is 25.5 Å². The van der Waals surface area contributed by atoms with Crippen LogP contribution in [0.15, 0.2) is 59.4 Å². The molecule has 0 unspecified atom stereocenters. The summed E-state index contributed by atoms with van der Waals surface area (Å²) < 4.78 is 6.56. The van der Waals surface area contributed by atoms with Gasteiger partial charge in [0.1, 0.15) is 11.6 Å². The summed E-state index contributed by atoms with van der Waals surface area (Å²) in [6, 6.07) is 14.7. The third-order valence-electron chi connectivity index (χ3n) is 4.75. The molecule has 0 aliphatic heterocycles. The van der Waals surface area contributed by atoms with E-state index in [1.165, 1.54) is 34.1 Å². The Kier molecular flexibility index (Phi) is 6.41. The second-order valence-corrected chi connectivity index (χ2v) is 8.07. The van der Waals surface area contributed by atoms with E-state index >= 15 is 0 Å².